The smallest absolute Gasteiger partial charge is 0.0145 e. The van der Waals surface area contributed by atoms with E-state index in [4.69, 9.17) is 5.73 Å². The SMILES string of the molecule is C=C(C)CC(N)C1CCc2ccccc21. The summed E-state index contributed by atoms with van der Waals surface area (Å²) in [5.74, 6) is 0.540. The quantitative estimate of drug-likeness (QED) is 0.747. The second-order valence-electron chi connectivity index (χ2n) is 4.67. The van der Waals surface area contributed by atoms with Crippen molar-refractivity contribution in [2.45, 2.75) is 38.1 Å². The van der Waals surface area contributed by atoms with Crippen molar-refractivity contribution >= 4 is 0 Å². The molecule has 0 spiro atoms. The number of nitrogens with two attached hydrogens (primary N) is 1. The first-order chi connectivity index (χ1) is 7.18. The lowest BCUT2D eigenvalue weighted by atomic mass is 9.90. The van der Waals surface area contributed by atoms with E-state index in [0.717, 1.165) is 6.42 Å². The Morgan fingerprint density at radius 2 is 2.27 bits per heavy atom. The molecule has 1 nitrogen and oxygen atoms in total. The maximum atomic E-state index is 6.23. The Kier molecular flexibility index (Phi) is 2.92. The first-order valence-corrected chi connectivity index (χ1v) is 5.66. The summed E-state index contributed by atoms with van der Waals surface area (Å²) < 4.78 is 0. The maximum absolute atomic E-state index is 6.23. The zero-order valence-electron chi connectivity index (χ0n) is 9.37. The number of hydrogen-bond acceptors (Lipinski definition) is 1. The van der Waals surface area contributed by atoms with Crippen molar-refractivity contribution in [3.8, 4) is 0 Å². The van der Waals surface area contributed by atoms with E-state index in [2.05, 4.69) is 37.8 Å². The summed E-state index contributed by atoms with van der Waals surface area (Å²) in [4.78, 5) is 0. The van der Waals surface area contributed by atoms with Crippen LogP contribution in [0.4, 0.5) is 0 Å². The number of rotatable bonds is 3. The summed E-state index contributed by atoms with van der Waals surface area (Å²) in [5.41, 5.74) is 10.4. The van der Waals surface area contributed by atoms with Gasteiger partial charge in [-0.3, -0.25) is 0 Å². The Bertz CT molecular complexity index is 367. The fraction of sp³-hybridized carbons (Fsp3) is 0.429. The van der Waals surface area contributed by atoms with Gasteiger partial charge in [0.15, 0.2) is 0 Å². The predicted octanol–water partition coefficient (Wildman–Crippen LogP) is 3.01. The van der Waals surface area contributed by atoms with Crippen LogP contribution in [0.2, 0.25) is 0 Å². The summed E-state index contributed by atoms with van der Waals surface area (Å²) in [7, 11) is 0. The van der Waals surface area contributed by atoms with E-state index in [1.54, 1.807) is 0 Å². The minimum atomic E-state index is 0.242. The molecule has 1 heteroatoms. The first kappa shape index (κ1) is 10.4. The molecule has 0 saturated heterocycles. The summed E-state index contributed by atoms with van der Waals surface area (Å²) in [6.07, 6.45) is 3.33. The molecule has 2 unspecified atom stereocenters. The summed E-state index contributed by atoms with van der Waals surface area (Å²) in [5, 5.41) is 0. The van der Waals surface area contributed by atoms with Crippen molar-refractivity contribution in [3.63, 3.8) is 0 Å². The van der Waals surface area contributed by atoms with Gasteiger partial charge >= 0.3 is 0 Å². The van der Waals surface area contributed by atoms with Crippen LogP contribution in [0.1, 0.15) is 36.8 Å². The first-order valence-electron chi connectivity index (χ1n) is 5.66. The molecule has 0 amide bonds. The lowest BCUT2D eigenvalue weighted by molar-refractivity contribution is 0.524. The molecule has 2 rings (SSSR count). The fourth-order valence-corrected chi connectivity index (χ4v) is 2.58. The molecule has 0 fully saturated rings. The van der Waals surface area contributed by atoms with Gasteiger partial charge in [0.25, 0.3) is 0 Å². The molecule has 2 N–H and O–H groups in total. The summed E-state index contributed by atoms with van der Waals surface area (Å²) in [6, 6.07) is 8.93. The van der Waals surface area contributed by atoms with E-state index in [1.807, 2.05) is 0 Å². The Morgan fingerprint density at radius 3 is 3.00 bits per heavy atom. The minimum Gasteiger partial charge on any atom is -0.327 e. The van der Waals surface area contributed by atoms with Crippen molar-refractivity contribution in [2.24, 2.45) is 5.73 Å². The molecule has 0 heterocycles. The average molecular weight is 201 g/mol. The average Bonchev–Trinajstić information content (AvgIpc) is 2.59. The van der Waals surface area contributed by atoms with Crippen LogP contribution in [-0.4, -0.2) is 6.04 Å². The van der Waals surface area contributed by atoms with E-state index in [-0.39, 0.29) is 6.04 Å². The molecule has 0 bridgehead atoms. The van der Waals surface area contributed by atoms with Gasteiger partial charge in [-0.25, -0.2) is 0 Å². The molecule has 2 atom stereocenters. The molecule has 80 valence electrons. The van der Waals surface area contributed by atoms with Crippen LogP contribution in [0.3, 0.4) is 0 Å². The number of fused-ring (bicyclic) bond motifs is 1. The van der Waals surface area contributed by atoms with Gasteiger partial charge in [-0.2, -0.15) is 0 Å². The molecular weight excluding hydrogens is 182 g/mol. The molecule has 0 saturated carbocycles. The monoisotopic (exact) mass is 201 g/mol. The summed E-state index contributed by atoms with van der Waals surface area (Å²) in [6.45, 7) is 6.00. The molecule has 15 heavy (non-hydrogen) atoms. The van der Waals surface area contributed by atoms with Gasteiger partial charge in [-0.1, -0.05) is 29.8 Å². The van der Waals surface area contributed by atoms with Crippen LogP contribution in [-0.2, 0) is 6.42 Å². The largest absolute Gasteiger partial charge is 0.327 e. The Balaban J connectivity index is 2.16. The van der Waals surface area contributed by atoms with Crippen molar-refractivity contribution < 1.29 is 0 Å². The zero-order chi connectivity index (χ0) is 10.8. The number of hydrogen-bond donors (Lipinski definition) is 1. The van der Waals surface area contributed by atoms with E-state index < -0.39 is 0 Å². The standard InChI is InChI=1S/C14H19N/c1-10(2)9-14(15)13-8-7-11-5-3-4-6-12(11)13/h3-6,13-14H,1,7-9,15H2,2H3. The van der Waals surface area contributed by atoms with E-state index in [0.29, 0.717) is 5.92 Å². The highest BCUT2D eigenvalue weighted by molar-refractivity contribution is 5.36. The van der Waals surface area contributed by atoms with Gasteiger partial charge in [-0.15, -0.1) is 6.58 Å². The molecule has 0 aromatic heterocycles. The normalized spacial score (nSPS) is 21.1. The predicted molar refractivity (Wildman–Crippen MR) is 64.9 cm³/mol. The highest BCUT2D eigenvalue weighted by Crippen LogP contribution is 2.35. The highest BCUT2D eigenvalue weighted by Gasteiger charge is 2.26. The van der Waals surface area contributed by atoms with Crippen LogP contribution < -0.4 is 5.73 Å². The van der Waals surface area contributed by atoms with E-state index in [9.17, 15) is 0 Å². The minimum absolute atomic E-state index is 0.242. The molecule has 1 aliphatic carbocycles. The topological polar surface area (TPSA) is 26.0 Å². The van der Waals surface area contributed by atoms with Crippen molar-refractivity contribution in [1.82, 2.24) is 0 Å². The third-order valence-corrected chi connectivity index (χ3v) is 3.28. The number of benzene rings is 1. The molecule has 1 aromatic carbocycles. The van der Waals surface area contributed by atoms with Crippen LogP contribution in [0.25, 0.3) is 0 Å². The molecular formula is C14H19N. The Labute approximate surface area is 92.0 Å². The molecule has 0 aliphatic heterocycles. The molecule has 1 aliphatic rings. The van der Waals surface area contributed by atoms with E-state index >= 15 is 0 Å². The van der Waals surface area contributed by atoms with Gasteiger partial charge in [0.05, 0.1) is 0 Å². The number of aryl methyl sites for hydroxylation is 1. The van der Waals surface area contributed by atoms with E-state index in [1.165, 1.54) is 29.5 Å². The van der Waals surface area contributed by atoms with Gasteiger partial charge in [-0.05, 0) is 43.2 Å². The van der Waals surface area contributed by atoms with Gasteiger partial charge in [0, 0.05) is 6.04 Å². The zero-order valence-corrected chi connectivity index (χ0v) is 9.37. The molecule has 0 radical (unpaired) electrons. The van der Waals surface area contributed by atoms with Crippen molar-refractivity contribution in [2.75, 3.05) is 0 Å². The van der Waals surface area contributed by atoms with Gasteiger partial charge in [0.1, 0.15) is 0 Å². The van der Waals surface area contributed by atoms with Crippen LogP contribution in [0.5, 0.6) is 0 Å². The maximum Gasteiger partial charge on any atom is 0.0145 e. The van der Waals surface area contributed by atoms with Gasteiger partial charge < -0.3 is 5.73 Å². The summed E-state index contributed by atoms with van der Waals surface area (Å²) >= 11 is 0. The third-order valence-electron chi connectivity index (χ3n) is 3.28. The second kappa shape index (κ2) is 4.19. The second-order valence-corrected chi connectivity index (χ2v) is 4.67. The van der Waals surface area contributed by atoms with Crippen LogP contribution >= 0.6 is 0 Å². The Morgan fingerprint density at radius 1 is 1.53 bits per heavy atom. The van der Waals surface area contributed by atoms with Crippen LogP contribution in [0.15, 0.2) is 36.4 Å². The van der Waals surface area contributed by atoms with Crippen LogP contribution in [0, 0.1) is 0 Å². The fourth-order valence-electron chi connectivity index (χ4n) is 2.58. The van der Waals surface area contributed by atoms with Gasteiger partial charge in [0.2, 0.25) is 0 Å². The van der Waals surface area contributed by atoms with Crippen molar-refractivity contribution in [1.29, 1.82) is 0 Å². The lowest BCUT2D eigenvalue weighted by Crippen LogP contribution is -2.27. The third kappa shape index (κ3) is 2.13. The highest BCUT2D eigenvalue weighted by atomic mass is 14.7. The van der Waals surface area contributed by atoms with Crippen molar-refractivity contribution in [3.05, 3.63) is 47.5 Å². The Hall–Kier alpha value is -1.08. The molecule has 1 aromatic rings. The lowest BCUT2D eigenvalue weighted by Gasteiger charge is -2.20.